The summed E-state index contributed by atoms with van der Waals surface area (Å²) in [6, 6.07) is 19.0. The molecular weight excluding hydrogens is 348 g/mol. The topological polar surface area (TPSA) is 48.4 Å². The highest BCUT2D eigenvalue weighted by molar-refractivity contribution is 6.10. The van der Waals surface area contributed by atoms with E-state index in [-0.39, 0.29) is 17.4 Å². The van der Waals surface area contributed by atoms with E-state index in [1.54, 1.807) is 21.1 Å². The molecule has 4 rings (SSSR count). The number of fused-ring (bicyclic) bond motifs is 3. The van der Waals surface area contributed by atoms with Crippen molar-refractivity contribution in [3.05, 3.63) is 78.1 Å². The molecule has 4 heteroatoms. The lowest BCUT2D eigenvalue weighted by Gasteiger charge is -2.07. The van der Waals surface area contributed by atoms with Crippen LogP contribution >= 0.6 is 0 Å². The van der Waals surface area contributed by atoms with Gasteiger partial charge in [-0.25, -0.2) is 4.57 Å². The molecule has 0 fully saturated rings. The minimum atomic E-state index is -0.233. The summed E-state index contributed by atoms with van der Waals surface area (Å²) in [6.07, 6.45) is 6.14. The average Bonchev–Trinajstić information content (AvgIpc) is 3.03. The quantitative estimate of drug-likeness (QED) is 0.276. The molecule has 2 heterocycles. The van der Waals surface area contributed by atoms with Crippen molar-refractivity contribution in [1.29, 1.82) is 0 Å². The molecular formula is C24H24N2O2. The highest BCUT2D eigenvalue weighted by Crippen LogP contribution is 2.25. The zero-order chi connectivity index (χ0) is 19.5. The Kier molecular flexibility index (Phi) is 5.11. The number of aromatic nitrogens is 2. The molecule has 0 aliphatic carbocycles. The molecule has 0 spiro atoms. The first kappa shape index (κ1) is 18.2. The number of benzene rings is 2. The molecule has 0 radical (unpaired) electrons. The largest absolute Gasteiger partial charge is 0.839 e. The van der Waals surface area contributed by atoms with Crippen molar-refractivity contribution >= 4 is 22.2 Å². The fourth-order valence-electron chi connectivity index (χ4n) is 3.82. The lowest BCUT2D eigenvalue weighted by molar-refractivity contribution is -0.711. The van der Waals surface area contributed by atoms with Gasteiger partial charge in [-0.3, -0.25) is 4.79 Å². The molecule has 0 aliphatic rings. The zero-order valence-electron chi connectivity index (χ0n) is 16.1. The molecule has 142 valence electrons. The fraction of sp³-hybridized carbons (Fsp3) is 0.250. The van der Waals surface area contributed by atoms with Crippen LogP contribution in [0.25, 0.3) is 16.4 Å². The Hall–Kier alpha value is -3.14. The van der Waals surface area contributed by atoms with Gasteiger partial charge in [0, 0.05) is 5.56 Å². The maximum Gasteiger partial charge on any atom is 0.294 e. The summed E-state index contributed by atoms with van der Waals surface area (Å²) in [5.74, 6) is -0.440. The number of carbonyl (C=O) groups is 1. The molecule has 0 aliphatic heterocycles. The van der Waals surface area contributed by atoms with E-state index >= 15 is 0 Å². The van der Waals surface area contributed by atoms with E-state index in [1.165, 1.54) is 0 Å². The smallest absolute Gasteiger partial charge is 0.294 e. The van der Waals surface area contributed by atoms with Gasteiger partial charge in [0.15, 0.2) is 0 Å². The Bertz CT molecular complexity index is 1130. The number of hydrogen-bond acceptors (Lipinski definition) is 2. The van der Waals surface area contributed by atoms with E-state index in [9.17, 15) is 9.90 Å². The SMILES string of the molecule is CCCCCC[n+]1c([O-])c(C(=O)c2ccccc2)n2ccc3ccccc3c21. The van der Waals surface area contributed by atoms with E-state index in [1.807, 2.05) is 54.7 Å². The van der Waals surface area contributed by atoms with Crippen LogP contribution in [0.2, 0.25) is 0 Å². The number of carbonyl (C=O) groups excluding carboxylic acids is 1. The van der Waals surface area contributed by atoms with E-state index in [0.717, 1.165) is 42.1 Å². The highest BCUT2D eigenvalue weighted by Gasteiger charge is 2.27. The van der Waals surface area contributed by atoms with Crippen LogP contribution in [-0.2, 0) is 6.54 Å². The third-order valence-corrected chi connectivity index (χ3v) is 5.26. The van der Waals surface area contributed by atoms with Crippen LogP contribution in [-0.4, -0.2) is 10.2 Å². The third-order valence-electron chi connectivity index (χ3n) is 5.26. The lowest BCUT2D eigenvalue weighted by atomic mass is 10.1. The molecule has 0 saturated heterocycles. The maximum absolute atomic E-state index is 13.3. The minimum Gasteiger partial charge on any atom is -0.839 e. The van der Waals surface area contributed by atoms with Crippen LogP contribution in [0.3, 0.4) is 0 Å². The van der Waals surface area contributed by atoms with E-state index in [4.69, 9.17) is 0 Å². The number of imidazole rings is 1. The Morgan fingerprint density at radius 3 is 2.50 bits per heavy atom. The Labute approximate surface area is 164 Å². The van der Waals surface area contributed by atoms with Gasteiger partial charge in [0.1, 0.15) is 5.88 Å². The Balaban J connectivity index is 1.91. The van der Waals surface area contributed by atoms with Gasteiger partial charge < -0.3 is 5.11 Å². The van der Waals surface area contributed by atoms with Crippen LogP contribution < -0.4 is 9.67 Å². The van der Waals surface area contributed by atoms with E-state index in [0.29, 0.717) is 12.1 Å². The molecule has 4 nitrogen and oxygen atoms in total. The van der Waals surface area contributed by atoms with Gasteiger partial charge in [0.2, 0.25) is 11.5 Å². The molecule has 0 atom stereocenters. The van der Waals surface area contributed by atoms with Crippen molar-refractivity contribution in [2.24, 2.45) is 0 Å². The monoisotopic (exact) mass is 372 g/mol. The summed E-state index contributed by atoms with van der Waals surface area (Å²) in [5.41, 5.74) is 1.55. The second kappa shape index (κ2) is 7.85. The number of rotatable bonds is 7. The average molecular weight is 372 g/mol. The normalized spacial score (nSPS) is 11.3. The van der Waals surface area contributed by atoms with Crippen LogP contribution in [0.5, 0.6) is 5.88 Å². The van der Waals surface area contributed by atoms with Crippen molar-refractivity contribution in [3.63, 3.8) is 0 Å². The summed E-state index contributed by atoms with van der Waals surface area (Å²) in [7, 11) is 0. The molecule has 2 aromatic carbocycles. The first-order valence-corrected chi connectivity index (χ1v) is 9.94. The predicted octanol–water partition coefficient (Wildman–Crippen LogP) is 4.26. The van der Waals surface area contributed by atoms with Crippen molar-refractivity contribution in [2.45, 2.75) is 39.2 Å². The second-order valence-electron chi connectivity index (χ2n) is 7.16. The summed E-state index contributed by atoms with van der Waals surface area (Å²) in [4.78, 5) is 13.2. The van der Waals surface area contributed by atoms with E-state index in [2.05, 4.69) is 6.92 Å². The number of nitrogens with zero attached hydrogens (tertiary/aromatic N) is 2. The number of hydrogen-bond donors (Lipinski definition) is 0. The summed E-state index contributed by atoms with van der Waals surface area (Å²) >= 11 is 0. The number of pyridine rings is 1. The number of ketones is 1. The first-order valence-electron chi connectivity index (χ1n) is 9.94. The summed E-state index contributed by atoms with van der Waals surface area (Å²) in [6.45, 7) is 2.79. The highest BCUT2D eigenvalue weighted by atomic mass is 16.3. The molecule has 0 saturated carbocycles. The van der Waals surface area contributed by atoms with Crippen LogP contribution in [0.1, 0.15) is 48.7 Å². The van der Waals surface area contributed by atoms with Crippen LogP contribution in [0, 0.1) is 0 Å². The number of unbranched alkanes of at least 4 members (excludes halogenated alkanes) is 3. The van der Waals surface area contributed by atoms with Gasteiger partial charge in [-0.1, -0.05) is 68.3 Å². The van der Waals surface area contributed by atoms with Crippen molar-refractivity contribution < 1.29 is 14.5 Å². The van der Waals surface area contributed by atoms with E-state index < -0.39 is 0 Å². The summed E-state index contributed by atoms with van der Waals surface area (Å²) < 4.78 is 3.56. The molecule has 0 unspecified atom stereocenters. The Morgan fingerprint density at radius 2 is 1.71 bits per heavy atom. The number of aryl methyl sites for hydroxylation is 1. The van der Waals surface area contributed by atoms with Crippen LogP contribution in [0.4, 0.5) is 0 Å². The summed E-state index contributed by atoms with van der Waals surface area (Å²) in [5, 5.41) is 15.4. The molecule has 0 N–H and O–H groups in total. The van der Waals surface area contributed by atoms with Crippen molar-refractivity contribution in [1.82, 2.24) is 4.40 Å². The second-order valence-corrected chi connectivity index (χ2v) is 7.16. The molecule has 28 heavy (non-hydrogen) atoms. The molecule has 2 aromatic heterocycles. The maximum atomic E-state index is 13.3. The standard InChI is InChI=1S/C24H24N2O2/c1-2-3-4-10-16-26-23-20-14-9-8-11-18(20)15-17-25(23)21(24(26)28)22(27)19-12-6-5-7-13-19/h5-9,11-15,17H,2-4,10,16H2,1H3. The van der Waals surface area contributed by atoms with Crippen LogP contribution in [0.15, 0.2) is 66.9 Å². The van der Waals surface area contributed by atoms with Gasteiger partial charge in [-0.05, 0) is 30.4 Å². The van der Waals surface area contributed by atoms with Gasteiger partial charge in [0.25, 0.3) is 5.65 Å². The predicted molar refractivity (Wildman–Crippen MR) is 109 cm³/mol. The molecule has 4 aromatic rings. The lowest BCUT2D eigenvalue weighted by Crippen LogP contribution is -2.36. The van der Waals surface area contributed by atoms with Gasteiger partial charge in [-0.2, -0.15) is 4.40 Å². The van der Waals surface area contributed by atoms with Gasteiger partial charge in [0.05, 0.1) is 18.1 Å². The molecule has 0 amide bonds. The molecule has 0 bridgehead atoms. The first-order chi connectivity index (χ1) is 13.7. The Morgan fingerprint density at radius 1 is 0.964 bits per heavy atom. The third kappa shape index (κ3) is 3.15. The van der Waals surface area contributed by atoms with Crippen molar-refractivity contribution in [2.75, 3.05) is 0 Å². The van der Waals surface area contributed by atoms with Gasteiger partial charge >= 0.3 is 0 Å². The van der Waals surface area contributed by atoms with Gasteiger partial charge in [-0.15, -0.1) is 0 Å². The fourth-order valence-corrected chi connectivity index (χ4v) is 3.82. The van der Waals surface area contributed by atoms with Crippen molar-refractivity contribution in [3.8, 4) is 5.88 Å². The minimum absolute atomic E-state index is 0.207. The zero-order valence-corrected chi connectivity index (χ0v) is 16.1.